The molecule has 0 bridgehead atoms. The Bertz CT molecular complexity index is 898. The van der Waals surface area contributed by atoms with Crippen LogP contribution in [-0.4, -0.2) is 17.9 Å². The van der Waals surface area contributed by atoms with E-state index in [9.17, 15) is 14.9 Å². The predicted octanol–water partition coefficient (Wildman–Crippen LogP) is 2.57. The van der Waals surface area contributed by atoms with Crippen molar-refractivity contribution in [3.8, 4) is 17.6 Å². The Morgan fingerprint density at radius 3 is 2.50 bits per heavy atom. The summed E-state index contributed by atoms with van der Waals surface area (Å²) in [4.78, 5) is 21.3. The van der Waals surface area contributed by atoms with Gasteiger partial charge in [-0.3, -0.25) is 14.9 Å². The van der Waals surface area contributed by atoms with Gasteiger partial charge in [0, 0.05) is 12.1 Å². The van der Waals surface area contributed by atoms with E-state index in [1.165, 1.54) is 25.3 Å². The monoisotopic (exact) mass is 353 g/mol. The van der Waals surface area contributed by atoms with Crippen LogP contribution in [-0.2, 0) is 11.4 Å². The SMILES string of the molecule is COc1cc(/C=C(\C#N)C(N)=O)ccc1OCc1ccc([N+](=O)[O-])cc1. The van der Waals surface area contributed by atoms with E-state index in [-0.39, 0.29) is 17.9 Å². The molecule has 0 saturated carbocycles. The maximum Gasteiger partial charge on any atom is 0.269 e. The predicted molar refractivity (Wildman–Crippen MR) is 93.2 cm³/mol. The molecule has 132 valence electrons. The quantitative estimate of drug-likeness (QED) is 0.352. The van der Waals surface area contributed by atoms with Gasteiger partial charge < -0.3 is 15.2 Å². The molecule has 1 amide bonds. The number of non-ortho nitro benzene ring substituents is 1. The van der Waals surface area contributed by atoms with E-state index < -0.39 is 10.8 Å². The van der Waals surface area contributed by atoms with Crippen LogP contribution in [0.1, 0.15) is 11.1 Å². The average molecular weight is 353 g/mol. The van der Waals surface area contributed by atoms with E-state index >= 15 is 0 Å². The highest BCUT2D eigenvalue weighted by Crippen LogP contribution is 2.29. The number of carbonyl (C=O) groups excluding carboxylic acids is 1. The van der Waals surface area contributed by atoms with Crippen molar-refractivity contribution < 1.29 is 19.2 Å². The molecule has 2 aromatic rings. The van der Waals surface area contributed by atoms with Crippen LogP contribution in [0.15, 0.2) is 48.0 Å². The third kappa shape index (κ3) is 4.58. The first kappa shape index (κ1) is 18.5. The molecule has 0 radical (unpaired) electrons. The number of nitrogens with two attached hydrogens (primary N) is 1. The molecule has 2 rings (SSSR count). The first-order valence-corrected chi connectivity index (χ1v) is 7.40. The maximum absolute atomic E-state index is 11.1. The fourth-order valence-electron chi connectivity index (χ4n) is 2.09. The molecular weight excluding hydrogens is 338 g/mol. The van der Waals surface area contributed by atoms with Crippen molar-refractivity contribution >= 4 is 17.7 Å². The molecule has 0 aliphatic heterocycles. The number of benzene rings is 2. The lowest BCUT2D eigenvalue weighted by molar-refractivity contribution is -0.384. The van der Waals surface area contributed by atoms with Gasteiger partial charge in [0.1, 0.15) is 18.2 Å². The highest BCUT2D eigenvalue weighted by molar-refractivity contribution is 6.00. The molecule has 0 saturated heterocycles. The zero-order valence-electron chi connectivity index (χ0n) is 13.8. The van der Waals surface area contributed by atoms with Crippen molar-refractivity contribution in [3.05, 3.63) is 69.3 Å². The fourth-order valence-corrected chi connectivity index (χ4v) is 2.09. The highest BCUT2D eigenvalue weighted by atomic mass is 16.6. The normalized spacial score (nSPS) is 10.7. The molecule has 0 heterocycles. The Morgan fingerprint density at radius 1 is 1.27 bits per heavy atom. The minimum Gasteiger partial charge on any atom is -0.493 e. The minimum atomic E-state index is -0.815. The fraction of sp³-hybridized carbons (Fsp3) is 0.111. The third-order valence-corrected chi connectivity index (χ3v) is 3.43. The van der Waals surface area contributed by atoms with Crippen LogP contribution < -0.4 is 15.2 Å². The van der Waals surface area contributed by atoms with Crippen LogP contribution in [0.2, 0.25) is 0 Å². The van der Waals surface area contributed by atoms with E-state index in [0.29, 0.717) is 17.1 Å². The summed E-state index contributed by atoms with van der Waals surface area (Å²) in [7, 11) is 1.46. The zero-order valence-corrected chi connectivity index (χ0v) is 13.8. The van der Waals surface area contributed by atoms with Crippen LogP contribution in [0.25, 0.3) is 6.08 Å². The largest absolute Gasteiger partial charge is 0.493 e. The lowest BCUT2D eigenvalue weighted by atomic mass is 10.1. The second-order valence-corrected chi connectivity index (χ2v) is 5.16. The van der Waals surface area contributed by atoms with Crippen molar-refractivity contribution in [3.63, 3.8) is 0 Å². The van der Waals surface area contributed by atoms with E-state index in [2.05, 4.69) is 0 Å². The van der Waals surface area contributed by atoms with Crippen LogP contribution in [0, 0.1) is 21.4 Å². The first-order valence-electron chi connectivity index (χ1n) is 7.40. The standard InChI is InChI=1S/C18H15N3O5/c1-25-17-9-13(8-14(10-19)18(20)22)4-7-16(17)26-11-12-2-5-15(6-3-12)21(23)24/h2-9H,11H2,1H3,(H2,20,22)/b14-8+. The molecule has 0 spiro atoms. The minimum absolute atomic E-state index is 0.00483. The van der Waals surface area contributed by atoms with Gasteiger partial charge in [-0.15, -0.1) is 0 Å². The highest BCUT2D eigenvalue weighted by Gasteiger charge is 2.09. The number of hydrogen-bond donors (Lipinski definition) is 1. The number of nitro groups is 1. The van der Waals surface area contributed by atoms with Gasteiger partial charge in [-0.2, -0.15) is 5.26 Å². The smallest absolute Gasteiger partial charge is 0.269 e. The molecule has 0 atom stereocenters. The van der Waals surface area contributed by atoms with Crippen LogP contribution in [0.4, 0.5) is 5.69 Å². The second-order valence-electron chi connectivity index (χ2n) is 5.16. The summed E-state index contributed by atoms with van der Waals surface area (Å²) in [6.07, 6.45) is 1.35. The van der Waals surface area contributed by atoms with Gasteiger partial charge >= 0.3 is 0 Å². The van der Waals surface area contributed by atoms with Crippen LogP contribution >= 0.6 is 0 Å². The molecule has 0 fully saturated rings. The molecule has 0 unspecified atom stereocenters. The summed E-state index contributed by atoms with van der Waals surface area (Å²) < 4.78 is 10.9. The van der Waals surface area contributed by atoms with E-state index in [1.807, 2.05) is 0 Å². The lowest BCUT2D eigenvalue weighted by Gasteiger charge is -2.11. The molecule has 2 N–H and O–H groups in total. The van der Waals surface area contributed by atoms with Gasteiger partial charge in [0.25, 0.3) is 11.6 Å². The van der Waals surface area contributed by atoms with Gasteiger partial charge in [0.15, 0.2) is 11.5 Å². The topological polar surface area (TPSA) is 128 Å². The summed E-state index contributed by atoms with van der Waals surface area (Å²) in [5.74, 6) is 0.0352. The van der Waals surface area contributed by atoms with Gasteiger partial charge in [-0.25, -0.2) is 0 Å². The maximum atomic E-state index is 11.1. The number of primary amides is 1. The summed E-state index contributed by atoms with van der Waals surface area (Å²) >= 11 is 0. The lowest BCUT2D eigenvalue weighted by Crippen LogP contribution is -2.12. The number of hydrogen-bond acceptors (Lipinski definition) is 6. The number of nitro benzene ring substituents is 1. The first-order chi connectivity index (χ1) is 12.4. The van der Waals surface area contributed by atoms with E-state index in [4.69, 9.17) is 20.5 Å². The van der Waals surface area contributed by atoms with Crippen LogP contribution in [0.5, 0.6) is 11.5 Å². The number of rotatable bonds is 7. The Kier molecular flexibility index (Phi) is 5.90. The number of ether oxygens (including phenoxy) is 2. The van der Waals surface area contributed by atoms with Crippen molar-refractivity contribution in [2.45, 2.75) is 6.61 Å². The van der Waals surface area contributed by atoms with Crippen molar-refractivity contribution in [2.75, 3.05) is 7.11 Å². The third-order valence-electron chi connectivity index (χ3n) is 3.43. The van der Waals surface area contributed by atoms with E-state index in [1.54, 1.807) is 36.4 Å². The second kappa shape index (κ2) is 8.30. The van der Waals surface area contributed by atoms with Crippen molar-refractivity contribution in [1.82, 2.24) is 0 Å². The summed E-state index contributed by atoms with van der Waals surface area (Å²) in [6, 6.07) is 12.6. The Balaban J connectivity index is 2.16. The Morgan fingerprint density at radius 2 is 1.96 bits per heavy atom. The molecule has 0 aliphatic carbocycles. The molecular formula is C18H15N3O5. The number of methoxy groups -OCH3 is 1. The van der Waals surface area contributed by atoms with Gasteiger partial charge in [0.2, 0.25) is 0 Å². The van der Waals surface area contributed by atoms with Gasteiger partial charge in [0.05, 0.1) is 12.0 Å². The van der Waals surface area contributed by atoms with Gasteiger partial charge in [-0.1, -0.05) is 6.07 Å². The molecule has 0 aromatic heterocycles. The number of nitriles is 1. The molecule has 0 aliphatic rings. The van der Waals surface area contributed by atoms with Crippen LogP contribution in [0.3, 0.4) is 0 Å². The molecule has 2 aromatic carbocycles. The average Bonchev–Trinajstić information content (AvgIpc) is 2.64. The number of carbonyl (C=O) groups is 1. The molecule has 8 nitrogen and oxygen atoms in total. The zero-order chi connectivity index (χ0) is 19.1. The summed E-state index contributed by atoms with van der Waals surface area (Å²) in [6.45, 7) is 0.189. The Hall–Kier alpha value is -3.86. The number of amides is 1. The van der Waals surface area contributed by atoms with Crippen molar-refractivity contribution in [2.24, 2.45) is 5.73 Å². The van der Waals surface area contributed by atoms with E-state index in [0.717, 1.165) is 5.56 Å². The Labute approximate surface area is 149 Å². The van der Waals surface area contributed by atoms with Crippen molar-refractivity contribution in [1.29, 1.82) is 5.26 Å². The number of nitrogens with zero attached hydrogens (tertiary/aromatic N) is 2. The molecule has 8 heteroatoms. The summed E-state index contributed by atoms with van der Waals surface area (Å²) in [5.41, 5.74) is 6.25. The summed E-state index contributed by atoms with van der Waals surface area (Å²) in [5, 5.41) is 19.5. The molecule has 26 heavy (non-hydrogen) atoms. The van der Waals surface area contributed by atoms with Gasteiger partial charge in [-0.05, 0) is 41.5 Å².